The molecule has 0 aliphatic carbocycles. The van der Waals surface area contributed by atoms with Crippen LogP contribution < -0.4 is 10.6 Å². The Morgan fingerprint density at radius 3 is 2.36 bits per heavy atom. The largest absolute Gasteiger partial charge is 0.356 e. The van der Waals surface area contributed by atoms with Crippen LogP contribution in [0.5, 0.6) is 0 Å². The number of nitrogens with zero attached hydrogens (tertiary/aromatic N) is 3. The third-order valence-electron chi connectivity index (χ3n) is 4.77. The van der Waals surface area contributed by atoms with Crippen LogP contribution in [0.25, 0.3) is 0 Å². The van der Waals surface area contributed by atoms with E-state index >= 15 is 0 Å². The molecule has 5 nitrogen and oxygen atoms in total. The van der Waals surface area contributed by atoms with E-state index in [2.05, 4.69) is 69.7 Å². The Bertz CT molecular complexity index is 659. The van der Waals surface area contributed by atoms with Gasteiger partial charge in [0.25, 0.3) is 0 Å². The molecule has 154 valence electrons. The van der Waals surface area contributed by atoms with E-state index in [1.165, 1.54) is 5.56 Å². The monoisotopic (exact) mass is 495 g/mol. The Labute approximate surface area is 187 Å². The summed E-state index contributed by atoms with van der Waals surface area (Å²) in [5.41, 5.74) is 2.46. The third kappa shape index (κ3) is 8.56. The Kier molecular flexibility index (Phi) is 12.5. The Morgan fingerprint density at radius 1 is 1.04 bits per heavy atom. The molecule has 1 unspecified atom stereocenters. The fraction of sp³-hybridized carbons (Fsp3) is 0.455. The number of likely N-dealkylation sites (N-methyl/N-ethyl adjacent to an activating group) is 1. The summed E-state index contributed by atoms with van der Waals surface area (Å²) in [5.74, 6) is 0.844. The average molecular weight is 495 g/mol. The van der Waals surface area contributed by atoms with Crippen molar-refractivity contribution in [1.29, 1.82) is 0 Å². The molecular weight excluding hydrogens is 461 g/mol. The number of aliphatic imine (C=N–C) groups is 1. The second-order valence-electron chi connectivity index (χ2n) is 6.52. The van der Waals surface area contributed by atoms with Crippen LogP contribution in [-0.2, 0) is 12.8 Å². The van der Waals surface area contributed by atoms with Gasteiger partial charge in [0.1, 0.15) is 0 Å². The summed E-state index contributed by atoms with van der Waals surface area (Å²) in [6.45, 7) is 8.21. The maximum Gasteiger partial charge on any atom is 0.191 e. The number of hydrogen-bond acceptors (Lipinski definition) is 3. The zero-order valence-electron chi connectivity index (χ0n) is 17.3. The summed E-state index contributed by atoms with van der Waals surface area (Å²) in [6.07, 6.45) is 3.74. The highest BCUT2D eigenvalue weighted by Gasteiger charge is 2.16. The molecule has 2 rings (SSSR count). The van der Waals surface area contributed by atoms with Crippen molar-refractivity contribution in [2.75, 3.05) is 33.2 Å². The molecule has 0 amide bonds. The van der Waals surface area contributed by atoms with Crippen LogP contribution in [0.1, 0.15) is 25.1 Å². The van der Waals surface area contributed by atoms with Gasteiger partial charge < -0.3 is 10.6 Å². The van der Waals surface area contributed by atoms with Crippen LogP contribution in [0.15, 0.2) is 59.7 Å². The van der Waals surface area contributed by atoms with Gasteiger partial charge in [-0.1, -0.05) is 50.2 Å². The highest BCUT2D eigenvalue weighted by molar-refractivity contribution is 14.0. The number of pyridine rings is 1. The van der Waals surface area contributed by atoms with E-state index in [1.54, 1.807) is 0 Å². The topological polar surface area (TPSA) is 52.5 Å². The molecule has 0 aliphatic heterocycles. The second kappa shape index (κ2) is 14.3. The minimum absolute atomic E-state index is 0. The first kappa shape index (κ1) is 24.4. The van der Waals surface area contributed by atoms with E-state index < -0.39 is 0 Å². The average Bonchev–Trinajstić information content (AvgIpc) is 2.72. The molecule has 0 saturated heterocycles. The van der Waals surface area contributed by atoms with Gasteiger partial charge in [0, 0.05) is 44.5 Å². The molecule has 0 bridgehead atoms. The number of hydrogen-bond donors (Lipinski definition) is 2. The van der Waals surface area contributed by atoms with Gasteiger partial charge in [-0.3, -0.25) is 14.9 Å². The summed E-state index contributed by atoms with van der Waals surface area (Å²) in [5, 5.41) is 6.89. The van der Waals surface area contributed by atoms with Crippen LogP contribution in [0.4, 0.5) is 0 Å². The van der Waals surface area contributed by atoms with E-state index in [4.69, 9.17) is 0 Å². The third-order valence-corrected chi connectivity index (χ3v) is 4.77. The molecule has 0 radical (unpaired) electrons. The van der Waals surface area contributed by atoms with Crippen LogP contribution in [0, 0.1) is 0 Å². The summed E-state index contributed by atoms with van der Waals surface area (Å²) in [6, 6.07) is 17.1. The van der Waals surface area contributed by atoms with Gasteiger partial charge in [0.15, 0.2) is 5.96 Å². The van der Waals surface area contributed by atoms with Gasteiger partial charge >= 0.3 is 0 Å². The van der Waals surface area contributed by atoms with Crippen molar-refractivity contribution in [2.45, 2.75) is 32.7 Å². The summed E-state index contributed by atoms with van der Waals surface area (Å²) >= 11 is 0. The number of aromatic nitrogens is 1. The SMILES string of the molecule is CCN(CC)C(CNC(=NC)NCCc1ccccn1)Cc1ccccc1.I. The Hall–Kier alpha value is -1.67. The molecule has 0 saturated carbocycles. The minimum Gasteiger partial charge on any atom is -0.356 e. The van der Waals surface area contributed by atoms with Crippen LogP contribution in [0.2, 0.25) is 0 Å². The van der Waals surface area contributed by atoms with E-state index in [0.29, 0.717) is 6.04 Å². The number of halogens is 1. The van der Waals surface area contributed by atoms with Gasteiger partial charge in [-0.15, -0.1) is 24.0 Å². The van der Waals surface area contributed by atoms with E-state index in [9.17, 15) is 0 Å². The maximum atomic E-state index is 4.36. The molecule has 1 atom stereocenters. The zero-order valence-corrected chi connectivity index (χ0v) is 19.6. The molecule has 0 spiro atoms. The number of rotatable bonds is 10. The lowest BCUT2D eigenvalue weighted by atomic mass is 10.0. The van der Waals surface area contributed by atoms with Crippen molar-refractivity contribution in [3.8, 4) is 0 Å². The maximum absolute atomic E-state index is 4.36. The normalized spacial score (nSPS) is 12.4. The zero-order chi connectivity index (χ0) is 19.3. The highest BCUT2D eigenvalue weighted by atomic mass is 127. The van der Waals surface area contributed by atoms with Gasteiger partial charge in [-0.2, -0.15) is 0 Å². The van der Waals surface area contributed by atoms with E-state index in [-0.39, 0.29) is 24.0 Å². The lowest BCUT2D eigenvalue weighted by molar-refractivity contribution is 0.215. The van der Waals surface area contributed by atoms with Crippen LogP contribution >= 0.6 is 24.0 Å². The first-order chi connectivity index (χ1) is 13.3. The molecule has 2 N–H and O–H groups in total. The first-order valence-corrected chi connectivity index (χ1v) is 9.89. The van der Waals surface area contributed by atoms with Crippen LogP contribution in [0.3, 0.4) is 0 Å². The molecule has 6 heteroatoms. The molecule has 28 heavy (non-hydrogen) atoms. The van der Waals surface area contributed by atoms with Crippen molar-refractivity contribution < 1.29 is 0 Å². The summed E-state index contributed by atoms with van der Waals surface area (Å²) < 4.78 is 0. The molecular formula is C22H34IN5. The van der Waals surface area contributed by atoms with Crippen molar-refractivity contribution in [1.82, 2.24) is 20.5 Å². The number of guanidine groups is 1. The minimum atomic E-state index is 0. The van der Waals surface area contributed by atoms with Gasteiger partial charge in [-0.05, 0) is 37.2 Å². The summed E-state index contributed by atoms with van der Waals surface area (Å²) in [4.78, 5) is 11.2. The molecule has 1 aromatic carbocycles. The smallest absolute Gasteiger partial charge is 0.191 e. The lowest BCUT2D eigenvalue weighted by Gasteiger charge is -2.30. The van der Waals surface area contributed by atoms with Crippen molar-refractivity contribution in [3.63, 3.8) is 0 Å². The first-order valence-electron chi connectivity index (χ1n) is 9.89. The van der Waals surface area contributed by atoms with E-state index in [0.717, 1.165) is 50.7 Å². The van der Waals surface area contributed by atoms with Gasteiger partial charge in [0.05, 0.1) is 0 Å². The van der Waals surface area contributed by atoms with Gasteiger partial charge in [0.2, 0.25) is 0 Å². The fourth-order valence-corrected chi connectivity index (χ4v) is 3.25. The number of benzene rings is 1. The number of nitrogens with one attached hydrogen (secondary N) is 2. The molecule has 1 heterocycles. The molecule has 1 aromatic heterocycles. The van der Waals surface area contributed by atoms with Crippen molar-refractivity contribution >= 4 is 29.9 Å². The standard InChI is InChI=1S/C22H33N5.HI/c1-4-27(5-2)21(17-19-11-7-6-8-12-19)18-26-22(23-3)25-16-14-20-13-9-10-15-24-20;/h6-13,15,21H,4-5,14,16-18H2,1-3H3,(H2,23,25,26);1H. The summed E-state index contributed by atoms with van der Waals surface area (Å²) in [7, 11) is 1.82. The lowest BCUT2D eigenvalue weighted by Crippen LogP contribution is -2.48. The molecule has 0 fully saturated rings. The predicted octanol–water partition coefficient (Wildman–Crippen LogP) is 3.36. The quantitative estimate of drug-likeness (QED) is 0.302. The van der Waals surface area contributed by atoms with Crippen LogP contribution in [-0.4, -0.2) is 55.1 Å². The molecule has 2 aromatic rings. The fourth-order valence-electron chi connectivity index (χ4n) is 3.25. The Balaban J connectivity index is 0.00000392. The predicted molar refractivity (Wildman–Crippen MR) is 130 cm³/mol. The van der Waals surface area contributed by atoms with Crippen molar-refractivity contribution in [2.24, 2.45) is 4.99 Å². The van der Waals surface area contributed by atoms with Crippen molar-refractivity contribution in [3.05, 3.63) is 66.0 Å². The molecule has 0 aliphatic rings. The second-order valence-corrected chi connectivity index (χ2v) is 6.52. The van der Waals surface area contributed by atoms with E-state index in [1.807, 2.05) is 31.4 Å². The Morgan fingerprint density at radius 2 is 1.75 bits per heavy atom. The van der Waals surface area contributed by atoms with Gasteiger partial charge in [-0.25, -0.2) is 0 Å². The highest BCUT2D eigenvalue weighted by Crippen LogP contribution is 2.08.